The largest absolute Gasteiger partial charge is 0.494 e. The van der Waals surface area contributed by atoms with E-state index in [0.29, 0.717) is 5.56 Å². The smallest absolute Gasteiger partial charge is 0.222 e. The monoisotopic (exact) mass is 317 g/mol. The summed E-state index contributed by atoms with van der Waals surface area (Å²) in [6.07, 6.45) is 0.446. The Bertz CT molecular complexity index is 599. The third-order valence-electron chi connectivity index (χ3n) is 2.95. The first-order valence-electron chi connectivity index (χ1n) is 6.48. The molecule has 0 saturated carbocycles. The van der Waals surface area contributed by atoms with Crippen molar-refractivity contribution in [3.63, 3.8) is 0 Å². The quantitative estimate of drug-likeness (QED) is 0.766. The van der Waals surface area contributed by atoms with Gasteiger partial charge in [0, 0.05) is 20.5 Å². The molecule has 7 heteroatoms. The second-order valence-corrected chi connectivity index (χ2v) is 7.14. The summed E-state index contributed by atoms with van der Waals surface area (Å²) < 4.78 is 42.2. The SMILES string of the molecule is COc1ccc(CS(=O)(=O)CCCC(=O)N(C)C)cc1F. The number of methoxy groups -OCH3 is 1. The highest BCUT2D eigenvalue weighted by atomic mass is 32.2. The van der Waals surface area contributed by atoms with Gasteiger partial charge >= 0.3 is 0 Å². The van der Waals surface area contributed by atoms with Crippen LogP contribution in [-0.2, 0) is 20.4 Å². The van der Waals surface area contributed by atoms with Crippen molar-refractivity contribution in [1.82, 2.24) is 4.90 Å². The number of amides is 1. The minimum Gasteiger partial charge on any atom is -0.494 e. The lowest BCUT2D eigenvalue weighted by molar-refractivity contribution is -0.128. The molecule has 0 bridgehead atoms. The van der Waals surface area contributed by atoms with Crippen LogP contribution in [0.1, 0.15) is 18.4 Å². The zero-order chi connectivity index (χ0) is 16.0. The summed E-state index contributed by atoms with van der Waals surface area (Å²) in [6, 6.07) is 4.07. The van der Waals surface area contributed by atoms with Gasteiger partial charge in [0.1, 0.15) is 0 Å². The number of carbonyl (C=O) groups excluding carboxylic acids is 1. The predicted octanol–water partition coefficient (Wildman–Crippen LogP) is 1.62. The minimum atomic E-state index is -3.37. The first-order valence-corrected chi connectivity index (χ1v) is 8.30. The van der Waals surface area contributed by atoms with Gasteiger partial charge in [0.25, 0.3) is 0 Å². The van der Waals surface area contributed by atoms with Gasteiger partial charge < -0.3 is 9.64 Å². The Labute approximate surface area is 124 Å². The number of carbonyl (C=O) groups is 1. The van der Waals surface area contributed by atoms with Gasteiger partial charge in [-0.2, -0.15) is 0 Å². The van der Waals surface area contributed by atoms with Gasteiger partial charge in [-0.1, -0.05) is 6.07 Å². The molecule has 0 aliphatic rings. The van der Waals surface area contributed by atoms with Crippen molar-refractivity contribution in [2.75, 3.05) is 27.0 Å². The van der Waals surface area contributed by atoms with E-state index in [4.69, 9.17) is 4.74 Å². The van der Waals surface area contributed by atoms with Crippen molar-refractivity contribution in [3.05, 3.63) is 29.6 Å². The molecule has 5 nitrogen and oxygen atoms in total. The van der Waals surface area contributed by atoms with Crippen LogP contribution in [0.25, 0.3) is 0 Å². The third kappa shape index (κ3) is 5.71. The predicted molar refractivity (Wildman–Crippen MR) is 78.4 cm³/mol. The van der Waals surface area contributed by atoms with Gasteiger partial charge in [-0.15, -0.1) is 0 Å². The summed E-state index contributed by atoms with van der Waals surface area (Å²) in [4.78, 5) is 12.8. The number of ether oxygens (including phenoxy) is 1. The van der Waals surface area contributed by atoms with E-state index >= 15 is 0 Å². The van der Waals surface area contributed by atoms with Gasteiger partial charge in [0.15, 0.2) is 21.4 Å². The molecule has 0 atom stereocenters. The van der Waals surface area contributed by atoms with E-state index in [1.54, 1.807) is 14.1 Å². The Morgan fingerprint density at radius 1 is 1.33 bits per heavy atom. The van der Waals surface area contributed by atoms with Crippen molar-refractivity contribution in [2.24, 2.45) is 0 Å². The van der Waals surface area contributed by atoms with Crippen LogP contribution in [0.4, 0.5) is 4.39 Å². The lowest BCUT2D eigenvalue weighted by Crippen LogP contribution is -2.22. The number of hydrogen-bond donors (Lipinski definition) is 0. The molecule has 0 aromatic heterocycles. The molecule has 0 N–H and O–H groups in total. The maximum atomic E-state index is 13.5. The van der Waals surface area contributed by atoms with Crippen molar-refractivity contribution in [2.45, 2.75) is 18.6 Å². The van der Waals surface area contributed by atoms with Crippen molar-refractivity contribution in [1.29, 1.82) is 0 Å². The van der Waals surface area contributed by atoms with E-state index in [-0.39, 0.29) is 36.0 Å². The third-order valence-corrected chi connectivity index (χ3v) is 4.63. The molecule has 0 heterocycles. The molecule has 0 spiro atoms. The van der Waals surface area contributed by atoms with E-state index < -0.39 is 15.7 Å². The van der Waals surface area contributed by atoms with Crippen molar-refractivity contribution >= 4 is 15.7 Å². The standard InChI is InChI=1S/C14H20FNO4S/c1-16(2)14(17)5-4-8-21(18,19)10-11-6-7-13(20-3)12(15)9-11/h6-7,9H,4-5,8,10H2,1-3H3. The van der Waals surface area contributed by atoms with E-state index in [1.165, 1.54) is 24.1 Å². The average molecular weight is 317 g/mol. The highest BCUT2D eigenvalue weighted by Crippen LogP contribution is 2.19. The second kappa shape index (κ2) is 7.40. The van der Waals surface area contributed by atoms with Gasteiger partial charge in [0.2, 0.25) is 5.91 Å². The Balaban J connectivity index is 2.60. The van der Waals surface area contributed by atoms with E-state index in [1.807, 2.05) is 0 Å². The molecule has 1 aromatic rings. The zero-order valence-electron chi connectivity index (χ0n) is 12.4. The fraction of sp³-hybridized carbons (Fsp3) is 0.500. The number of rotatable bonds is 7. The normalized spacial score (nSPS) is 11.2. The van der Waals surface area contributed by atoms with E-state index in [2.05, 4.69) is 0 Å². The summed E-state index contributed by atoms with van der Waals surface area (Å²) >= 11 is 0. The molecule has 21 heavy (non-hydrogen) atoms. The highest BCUT2D eigenvalue weighted by Gasteiger charge is 2.15. The van der Waals surface area contributed by atoms with Crippen LogP contribution in [0.2, 0.25) is 0 Å². The molecule has 0 fully saturated rings. The van der Waals surface area contributed by atoms with Crippen LogP contribution in [-0.4, -0.2) is 46.2 Å². The zero-order valence-corrected chi connectivity index (χ0v) is 13.2. The summed E-state index contributed by atoms with van der Waals surface area (Å²) in [5, 5.41) is 0. The van der Waals surface area contributed by atoms with Gasteiger partial charge in [-0.25, -0.2) is 12.8 Å². The molecule has 1 amide bonds. The van der Waals surface area contributed by atoms with Crippen LogP contribution < -0.4 is 4.74 Å². The van der Waals surface area contributed by atoms with Crippen LogP contribution in [0.15, 0.2) is 18.2 Å². The molecule has 118 valence electrons. The summed E-state index contributed by atoms with van der Waals surface area (Å²) in [6.45, 7) is 0. The van der Waals surface area contributed by atoms with Crippen molar-refractivity contribution < 1.29 is 22.3 Å². The Morgan fingerprint density at radius 2 is 2.00 bits per heavy atom. The molecule has 1 rings (SSSR count). The van der Waals surface area contributed by atoms with Crippen LogP contribution in [0, 0.1) is 5.82 Å². The fourth-order valence-corrected chi connectivity index (χ4v) is 3.21. The van der Waals surface area contributed by atoms with Gasteiger partial charge in [-0.05, 0) is 24.1 Å². The molecule has 0 unspecified atom stereocenters. The van der Waals surface area contributed by atoms with Gasteiger partial charge in [-0.3, -0.25) is 4.79 Å². The van der Waals surface area contributed by atoms with Crippen LogP contribution in [0.3, 0.4) is 0 Å². The maximum Gasteiger partial charge on any atom is 0.222 e. The molecule has 0 aliphatic carbocycles. The topological polar surface area (TPSA) is 63.7 Å². The molecule has 1 aromatic carbocycles. The summed E-state index contributed by atoms with van der Waals surface area (Å²) in [5.41, 5.74) is 0.368. The lowest BCUT2D eigenvalue weighted by atomic mass is 10.2. The summed E-state index contributed by atoms with van der Waals surface area (Å²) in [7, 11) is 1.22. The Kier molecular flexibility index (Phi) is 6.14. The average Bonchev–Trinajstić information content (AvgIpc) is 2.37. The molecule has 0 aliphatic heterocycles. The second-order valence-electron chi connectivity index (χ2n) is 4.95. The van der Waals surface area contributed by atoms with Crippen LogP contribution in [0.5, 0.6) is 5.75 Å². The van der Waals surface area contributed by atoms with E-state index in [0.717, 1.165) is 6.07 Å². The highest BCUT2D eigenvalue weighted by molar-refractivity contribution is 7.90. The minimum absolute atomic E-state index is 0.0766. The molecular formula is C14H20FNO4S. The maximum absolute atomic E-state index is 13.5. The van der Waals surface area contributed by atoms with E-state index in [9.17, 15) is 17.6 Å². The molecule has 0 radical (unpaired) electrons. The number of nitrogens with zero attached hydrogens (tertiary/aromatic N) is 1. The number of halogens is 1. The van der Waals surface area contributed by atoms with Crippen LogP contribution >= 0.6 is 0 Å². The Morgan fingerprint density at radius 3 is 2.52 bits per heavy atom. The number of hydrogen-bond acceptors (Lipinski definition) is 4. The van der Waals surface area contributed by atoms with Gasteiger partial charge in [0.05, 0.1) is 18.6 Å². The first-order chi connectivity index (χ1) is 9.75. The number of sulfone groups is 1. The first kappa shape index (κ1) is 17.4. The molecular weight excluding hydrogens is 297 g/mol. The lowest BCUT2D eigenvalue weighted by Gasteiger charge is -2.10. The molecule has 0 saturated heterocycles. The fourth-order valence-electron chi connectivity index (χ4n) is 1.79. The summed E-state index contributed by atoms with van der Waals surface area (Å²) in [5.74, 6) is -0.967. The Hall–Kier alpha value is -1.63. The number of benzene rings is 1. The van der Waals surface area contributed by atoms with Crippen molar-refractivity contribution in [3.8, 4) is 5.75 Å².